The molecule has 2 aromatic carbocycles. The first kappa shape index (κ1) is 30.5. The maximum atomic E-state index is 12.6. The van der Waals surface area contributed by atoms with Crippen molar-refractivity contribution < 1.29 is 19.0 Å². The predicted octanol–water partition coefficient (Wildman–Crippen LogP) is 3.74. The molecule has 1 amide bonds. The van der Waals surface area contributed by atoms with Crippen molar-refractivity contribution in [2.24, 2.45) is 4.99 Å². The van der Waals surface area contributed by atoms with Crippen LogP contribution in [0.3, 0.4) is 0 Å². The highest BCUT2D eigenvalue weighted by molar-refractivity contribution is 6.05. The number of carbonyl (C=O) groups excluding carboxylic acids is 1. The number of anilines is 2. The van der Waals surface area contributed by atoms with Crippen LogP contribution in [0.1, 0.15) is 31.2 Å². The molecule has 3 aromatic heterocycles. The molecule has 14 heteroatoms. The van der Waals surface area contributed by atoms with Gasteiger partial charge in [0, 0.05) is 54.9 Å². The lowest BCUT2D eigenvalue weighted by Crippen LogP contribution is -2.35. The zero-order valence-corrected chi connectivity index (χ0v) is 26.0. The second-order valence-corrected chi connectivity index (χ2v) is 10.9. The van der Waals surface area contributed by atoms with Gasteiger partial charge in [-0.05, 0) is 24.1 Å². The summed E-state index contributed by atoms with van der Waals surface area (Å²) in [6.07, 6.45) is 6.61. The van der Waals surface area contributed by atoms with Gasteiger partial charge in [-0.3, -0.25) is 9.79 Å². The fraction of sp³-hybridized carbons (Fsp3) is 0.312. The largest absolute Gasteiger partial charge is 0.493 e. The molecule has 0 radical (unpaired) electrons. The SMILES string of the molecule is COCCN1CN=C(COc2cc3ncnc(-c4ccc(NC(=O)Cn5cc(C(C)C)nn5)cc4)c3cc2OC)c2nccnc21. The van der Waals surface area contributed by atoms with E-state index in [0.29, 0.717) is 59.6 Å². The van der Waals surface area contributed by atoms with Crippen LogP contribution >= 0.6 is 0 Å². The molecule has 0 unspecified atom stereocenters. The van der Waals surface area contributed by atoms with Crippen LogP contribution in [0.15, 0.2) is 66.3 Å². The lowest BCUT2D eigenvalue weighted by atomic mass is 10.1. The first-order valence-corrected chi connectivity index (χ1v) is 14.8. The Bertz CT molecular complexity index is 1870. The van der Waals surface area contributed by atoms with Crippen molar-refractivity contribution in [3.8, 4) is 22.8 Å². The molecular formula is C32H34N10O4. The average Bonchev–Trinajstić information content (AvgIpc) is 3.55. The molecule has 1 aliphatic rings. The van der Waals surface area contributed by atoms with Crippen LogP contribution < -0.4 is 19.7 Å². The Balaban J connectivity index is 1.17. The summed E-state index contributed by atoms with van der Waals surface area (Å²) in [5, 5.41) is 11.8. The van der Waals surface area contributed by atoms with Gasteiger partial charge in [-0.15, -0.1) is 5.10 Å². The fourth-order valence-corrected chi connectivity index (χ4v) is 5.00. The van der Waals surface area contributed by atoms with Gasteiger partial charge in [0.05, 0.1) is 30.6 Å². The molecule has 0 spiro atoms. The Morgan fingerprint density at radius 1 is 1.00 bits per heavy atom. The van der Waals surface area contributed by atoms with Crippen molar-refractivity contribution in [2.45, 2.75) is 26.3 Å². The minimum Gasteiger partial charge on any atom is -0.493 e. The summed E-state index contributed by atoms with van der Waals surface area (Å²) >= 11 is 0. The van der Waals surface area contributed by atoms with E-state index < -0.39 is 0 Å². The van der Waals surface area contributed by atoms with Crippen molar-refractivity contribution in [1.29, 1.82) is 0 Å². The molecule has 236 valence electrons. The van der Waals surface area contributed by atoms with Crippen molar-refractivity contribution in [3.05, 3.63) is 72.7 Å². The minimum absolute atomic E-state index is 0.0717. The van der Waals surface area contributed by atoms with Crippen LogP contribution in [-0.4, -0.2) is 87.2 Å². The Labute approximate surface area is 265 Å². The fourth-order valence-electron chi connectivity index (χ4n) is 5.00. The number of carbonyl (C=O) groups is 1. The van der Waals surface area contributed by atoms with E-state index in [2.05, 4.69) is 35.6 Å². The van der Waals surface area contributed by atoms with E-state index in [1.165, 1.54) is 11.0 Å². The lowest BCUT2D eigenvalue weighted by molar-refractivity contribution is -0.116. The van der Waals surface area contributed by atoms with Crippen LogP contribution in [0.2, 0.25) is 0 Å². The smallest absolute Gasteiger partial charge is 0.246 e. The van der Waals surface area contributed by atoms with E-state index >= 15 is 0 Å². The van der Waals surface area contributed by atoms with E-state index in [-0.39, 0.29) is 25.0 Å². The van der Waals surface area contributed by atoms with Gasteiger partial charge in [0.15, 0.2) is 17.3 Å². The number of hydrogen-bond acceptors (Lipinski definition) is 12. The molecule has 1 aliphatic heterocycles. The maximum Gasteiger partial charge on any atom is 0.246 e. The third-order valence-electron chi connectivity index (χ3n) is 7.43. The van der Waals surface area contributed by atoms with Crippen LogP contribution in [0.25, 0.3) is 22.2 Å². The van der Waals surface area contributed by atoms with Crippen molar-refractivity contribution in [1.82, 2.24) is 34.9 Å². The van der Waals surface area contributed by atoms with Crippen molar-refractivity contribution >= 4 is 34.0 Å². The van der Waals surface area contributed by atoms with Gasteiger partial charge in [-0.25, -0.2) is 24.6 Å². The summed E-state index contributed by atoms with van der Waals surface area (Å²) in [6.45, 7) is 5.95. The molecule has 0 aliphatic carbocycles. The number of aliphatic imine (C=N–C) groups is 1. The van der Waals surface area contributed by atoms with Gasteiger partial charge in [-0.1, -0.05) is 31.2 Å². The van der Waals surface area contributed by atoms with Crippen LogP contribution in [0, 0.1) is 0 Å². The molecule has 0 fully saturated rings. The number of nitrogens with one attached hydrogen (secondary N) is 1. The molecule has 0 bridgehead atoms. The number of nitrogens with zero attached hydrogens (tertiary/aromatic N) is 9. The molecule has 1 N–H and O–H groups in total. The van der Waals surface area contributed by atoms with Gasteiger partial charge in [0.2, 0.25) is 5.91 Å². The maximum absolute atomic E-state index is 12.6. The number of rotatable bonds is 12. The zero-order valence-electron chi connectivity index (χ0n) is 26.0. The highest BCUT2D eigenvalue weighted by atomic mass is 16.5. The number of aromatic nitrogens is 7. The Morgan fingerprint density at radius 3 is 2.59 bits per heavy atom. The number of hydrogen-bond donors (Lipinski definition) is 1. The standard InChI is InChI=1S/C32H34N10O4/c1-20(2)25-15-42(40-39-25)16-29(43)38-22-7-5-21(6-8-22)30-23-13-27(45-4)28(14-24(23)35-18-36-30)46-17-26-31-32(34-10-9-33-31)41(19-37-26)11-12-44-3/h5-10,13-15,18,20H,11-12,16-17,19H2,1-4H3,(H,38,43). The molecule has 0 saturated heterocycles. The summed E-state index contributed by atoms with van der Waals surface area (Å²) in [5.41, 5.74) is 5.11. The Morgan fingerprint density at radius 2 is 1.83 bits per heavy atom. The highest BCUT2D eigenvalue weighted by Gasteiger charge is 2.23. The second-order valence-electron chi connectivity index (χ2n) is 10.9. The van der Waals surface area contributed by atoms with E-state index in [0.717, 1.165) is 22.5 Å². The average molecular weight is 623 g/mol. The quantitative estimate of drug-likeness (QED) is 0.216. The molecule has 0 saturated carbocycles. The molecule has 46 heavy (non-hydrogen) atoms. The number of ether oxygens (including phenoxy) is 3. The monoisotopic (exact) mass is 622 g/mol. The predicted molar refractivity (Wildman–Crippen MR) is 172 cm³/mol. The summed E-state index contributed by atoms with van der Waals surface area (Å²) in [5.74, 6) is 1.83. The molecular weight excluding hydrogens is 588 g/mol. The highest BCUT2D eigenvalue weighted by Crippen LogP contribution is 2.36. The third-order valence-corrected chi connectivity index (χ3v) is 7.43. The summed E-state index contributed by atoms with van der Waals surface area (Å²) < 4.78 is 18.7. The molecule has 5 aromatic rings. The van der Waals surface area contributed by atoms with Crippen LogP contribution in [0.4, 0.5) is 11.5 Å². The Hall–Kier alpha value is -5.50. The first-order chi connectivity index (χ1) is 22.4. The second kappa shape index (κ2) is 13.6. The minimum atomic E-state index is -0.198. The molecule has 6 rings (SSSR count). The third kappa shape index (κ3) is 6.61. The summed E-state index contributed by atoms with van der Waals surface area (Å²) in [4.78, 5) is 37.4. The van der Waals surface area contributed by atoms with Crippen LogP contribution in [0.5, 0.6) is 11.5 Å². The molecule has 14 nitrogen and oxygen atoms in total. The van der Waals surface area contributed by atoms with Gasteiger partial charge < -0.3 is 24.4 Å². The van der Waals surface area contributed by atoms with E-state index in [4.69, 9.17) is 19.2 Å². The van der Waals surface area contributed by atoms with Gasteiger partial charge >= 0.3 is 0 Å². The van der Waals surface area contributed by atoms with Gasteiger partial charge in [-0.2, -0.15) is 0 Å². The molecule has 0 atom stereocenters. The zero-order chi connectivity index (χ0) is 32.0. The summed E-state index contributed by atoms with van der Waals surface area (Å²) in [6, 6.07) is 11.2. The summed E-state index contributed by atoms with van der Waals surface area (Å²) in [7, 11) is 3.25. The number of amides is 1. The normalized spacial score (nSPS) is 12.6. The van der Waals surface area contributed by atoms with Gasteiger partial charge in [0.1, 0.15) is 37.6 Å². The van der Waals surface area contributed by atoms with E-state index in [1.807, 2.05) is 55.1 Å². The number of benzene rings is 2. The topological polar surface area (TPSA) is 155 Å². The molecule has 4 heterocycles. The first-order valence-electron chi connectivity index (χ1n) is 14.8. The van der Waals surface area contributed by atoms with Crippen molar-refractivity contribution in [3.63, 3.8) is 0 Å². The van der Waals surface area contributed by atoms with Crippen molar-refractivity contribution in [2.75, 3.05) is 50.9 Å². The Kier molecular flexibility index (Phi) is 9.06. The number of fused-ring (bicyclic) bond motifs is 2. The number of methoxy groups -OCH3 is 2. The van der Waals surface area contributed by atoms with E-state index in [9.17, 15) is 4.79 Å². The lowest BCUT2D eigenvalue weighted by Gasteiger charge is -2.27. The van der Waals surface area contributed by atoms with E-state index in [1.54, 1.807) is 32.8 Å². The van der Waals surface area contributed by atoms with Crippen LogP contribution in [-0.2, 0) is 16.1 Å². The van der Waals surface area contributed by atoms with Gasteiger partial charge in [0.25, 0.3) is 0 Å².